The minimum absolute atomic E-state index is 0.0235. The lowest BCUT2D eigenvalue weighted by molar-refractivity contribution is -0.116. The van der Waals surface area contributed by atoms with Crippen LogP contribution >= 0.6 is 22.9 Å². The van der Waals surface area contributed by atoms with Crippen LogP contribution in [0.4, 0.5) is 13.8 Å². The number of ether oxygens (including phenoxy) is 1. The number of hydrogen-bond acceptors (Lipinski definition) is 5. The Kier molecular flexibility index (Phi) is 5.53. The number of carbonyl (C=O) groups excluding carboxylic acids is 2. The highest BCUT2D eigenvalue weighted by Crippen LogP contribution is 2.45. The second-order valence-corrected chi connectivity index (χ2v) is 7.27. The van der Waals surface area contributed by atoms with Crippen LogP contribution in [-0.2, 0) is 16.1 Å². The van der Waals surface area contributed by atoms with Crippen molar-refractivity contribution in [3.8, 4) is 5.75 Å². The van der Waals surface area contributed by atoms with E-state index < -0.39 is 23.5 Å². The smallest absolute Gasteiger partial charge is 0.341 e. The van der Waals surface area contributed by atoms with Crippen LogP contribution in [0, 0.1) is 11.6 Å². The molecule has 0 saturated carbocycles. The van der Waals surface area contributed by atoms with Gasteiger partial charge in [-0.3, -0.25) is 9.69 Å². The number of benzene rings is 2. The fourth-order valence-electron chi connectivity index (χ4n) is 2.74. The molecule has 2 aromatic carbocycles. The van der Waals surface area contributed by atoms with Crippen LogP contribution < -0.4 is 4.90 Å². The number of phenolic OH excluding ortho intramolecular Hbond substituents is 1. The minimum atomic E-state index is -0.817. The fraction of sp³-hybridized carbons (Fsp3) is 0.158. The first-order chi connectivity index (χ1) is 13.2. The number of nitrogens with zero attached hydrogens (tertiary/aromatic N) is 1. The highest BCUT2D eigenvalue weighted by atomic mass is 35.5. The van der Waals surface area contributed by atoms with Gasteiger partial charge in [0.25, 0.3) is 0 Å². The lowest BCUT2D eigenvalue weighted by Gasteiger charge is -2.21. The third-order valence-corrected chi connectivity index (χ3v) is 5.86. The molecule has 0 aliphatic carbocycles. The number of halogens is 3. The van der Waals surface area contributed by atoms with Crippen LogP contribution in [0.5, 0.6) is 5.75 Å². The number of phenols is 1. The first-order valence-electron chi connectivity index (χ1n) is 7.99. The molecule has 0 atom stereocenters. The van der Waals surface area contributed by atoms with E-state index in [4.69, 9.17) is 16.3 Å². The first-order valence-corrected chi connectivity index (χ1v) is 9.18. The average molecular weight is 426 g/mol. The lowest BCUT2D eigenvalue weighted by atomic mass is 10.1. The van der Waals surface area contributed by atoms with Crippen molar-refractivity contribution in [3.63, 3.8) is 0 Å². The van der Waals surface area contributed by atoms with E-state index in [2.05, 4.69) is 0 Å². The van der Waals surface area contributed by atoms with Crippen LogP contribution in [-0.4, -0.2) is 24.1 Å². The zero-order valence-electron chi connectivity index (χ0n) is 14.8. The van der Waals surface area contributed by atoms with E-state index >= 15 is 0 Å². The first kappa shape index (κ1) is 20.0. The van der Waals surface area contributed by atoms with Gasteiger partial charge in [-0.15, -0.1) is 11.3 Å². The Morgan fingerprint density at radius 1 is 1.25 bits per heavy atom. The normalized spacial score (nSPS) is 10.9. The second kappa shape index (κ2) is 7.73. The molecule has 9 heteroatoms. The average Bonchev–Trinajstić information content (AvgIpc) is 3.03. The number of rotatable bonds is 4. The number of methoxy groups -OCH3 is 1. The molecule has 1 aromatic heterocycles. The Hall–Kier alpha value is -2.71. The number of thiophene rings is 1. The van der Waals surface area contributed by atoms with E-state index in [9.17, 15) is 23.5 Å². The second-order valence-electron chi connectivity index (χ2n) is 5.89. The highest BCUT2D eigenvalue weighted by molar-refractivity contribution is 7.24. The van der Waals surface area contributed by atoms with Crippen LogP contribution in [0.25, 0.3) is 10.1 Å². The molecule has 3 aromatic rings. The Bertz CT molecular complexity index is 1100. The molecule has 0 fully saturated rings. The third kappa shape index (κ3) is 3.53. The Morgan fingerprint density at radius 2 is 1.96 bits per heavy atom. The molecule has 1 amide bonds. The minimum Gasteiger partial charge on any atom is -0.506 e. The molecular weight excluding hydrogens is 412 g/mol. The zero-order chi connectivity index (χ0) is 20.6. The van der Waals surface area contributed by atoms with Gasteiger partial charge in [0.1, 0.15) is 33.0 Å². The number of anilines is 1. The SMILES string of the molecule is COC(=O)c1c(N(Cc2ccc(F)cc2F)C(C)=O)sc2c(Cl)c(O)ccc12. The summed E-state index contributed by atoms with van der Waals surface area (Å²) in [7, 11) is 1.19. The number of esters is 1. The summed E-state index contributed by atoms with van der Waals surface area (Å²) >= 11 is 7.14. The van der Waals surface area contributed by atoms with Gasteiger partial charge in [-0.1, -0.05) is 17.7 Å². The molecule has 0 aliphatic rings. The van der Waals surface area contributed by atoms with Crippen molar-refractivity contribution in [2.45, 2.75) is 13.5 Å². The predicted molar refractivity (Wildman–Crippen MR) is 103 cm³/mol. The van der Waals surface area contributed by atoms with Crippen molar-refractivity contribution in [3.05, 3.63) is 58.1 Å². The maximum atomic E-state index is 14.1. The number of hydrogen-bond donors (Lipinski definition) is 1. The van der Waals surface area contributed by atoms with Gasteiger partial charge in [0.05, 0.1) is 18.4 Å². The molecule has 0 spiro atoms. The van der Waals surface area contributed by atoms with Crippen LogP contribution in [0.15, 0.2) is 30.3 Å². The Labute approximate surface area is 167 Å². The van der Waals surface area contributed by atoms with E-state index in [0.717, 1.165) is 17.4 Å². The fourth-order valence-corrected chi connectivity index (χ4v) is 4.29. The van der Waals surface area contributed by atoms with Crippen LogP contribution in [0.2, 0.25) is 5.02 Å². The Balaban J connectivity index is 2.21. The van der Waals surface area contributed by atoms with Gasteiger partial charge in [0.15, 0.2) is 0 Å². The van der Waals surface area contributed by atoms with Crippen molar-refractivity contribution in [1.82, 2.24) is 0 Å². The summed E-state index contributed by atoms with van der Waals surface area (Å²) in [6.07, 6.45) is 0. The van der Waals surface area contributed by atoms with Crippen molar-refractivity contribution in [2.75, 3.05) is 12.0 Å². The maximum absolute atomic E-state index is 14.1. The van der Waals surface area contributed by atoms with Gasteiger partial charge < -0.3 is 9.84 Å². The Morgan fingerprint density at radius 3 is 2.57 bits per heavy atom. The molecule has 146 valence electrons. The zero-order valence-corrected chi connectivity index (χ0v) is 16.3. The van der Waals surface area contributed by atoms with Crippen LogP contribution in [0.3, 0.4) is 0 Å². The van der Waals surface area contributed by atoms with E-state index in [0.29, 0.717) is 16.2 Å². The lowest BCUT2D eigenvalue weighted by Crippen LogP contribution is -2.29. The molecule has 1 heterocycles. The number of carbonyl (C=O) groups is 2. The molecule has 0 unspecified atom stereocenters. The van der Waals surface area contributed by atoms with Crippen molar-refractivity contribution < 1.29 is 28.2 Å². The van der Waals surface area contributed by atoms with Crippen LogP contribution in [0.1, 0.15) is 22.8 Å². The molecule has 0 radical (unpaired) electrons. The summed E-state index contributed by atoms with van der Waals surface area (Å²) in [5.74, 6) is -2.93. The van der Waals surface area contributed by atoms with Crippen molar-refractivity contribution >= 4 is 49.9 Å². The van der Waals surface area contributed by atoms with E-state index in [1.165, 1.54) is 37.1 Å². The van der Waals surface area contributed by atoms with Crippen molar-refractivity contribution in [1.29, 1.82) is 0 Å². The topological polar surface area (TPSA) is 66.8 Å². The number of aromatic hydroxyl groups is 1. The van der Waals surface area contributed by atoms with E-state index in [-0.39, 0.29) is 33.4 Å². The van der Waals surface area contributed by atoms with Crippen molar-refractivity contribution in [2.24, 2.45) is 0 Å². The van der Waals surface area contributed by atoms with Gasteiger partial charge in [0, 0.05) is 23.9 Å². The standard InChI is InChI=1S/C19H14ClF2NO4S/c1-9(24)23(8-10-3-4-11(21)7-13(10)22)18-15(19(26)27-2)12-5-6-14(25)16(20)17(12)28-18/h3-7,25H,8H2,1-2H3. The van der Waals surface area contributed by atoms with Gasteiger partial charge in [-0.05, 0) is 18.2 Å². The van der Waals surface area contributed by atoms with Gasteiger partial charge in [-0.2, -0.15) is 0 Å². The van der Waals surface area contributed by atoms with E-state index in [1.54, 1.807) is 0 Å². The monoisotopic (exact) mass is 425 g/mol. The quantitative estimate of drug-likeness (QED) is 0.605. The third-order valence-electron chi connectivity index (χ3n) is 4.12. The molecule has 0 bridgehead atoms. The largest absolute Gasteiger partial charge is 0.506 e. The molecule has 0 aliphatic heterocycles. The molecule has 0 saturated heterocycles. The van der Waals surface area contributed by atoms with E-state index in [1.807, 2.05) is 0 Å². The van der Waals surface area contributed by atoms with Gasteiger partial charge >= 0.3 is 5.97 Å². The molecule has 5 nitrogen and oxygen atoms in total. The summed E-state index contributed by atoms with van der Waals surface area (Å²) in [5.41, 5.74) is 0.140. The number of amides is 1. The van der Waals surface area contributed by atoms with Gasteiger partial charge in [-0.25, -0.2) is 13.6 Å². The highest BCUT2D eigenvalue weighted by Gasteiger charge is 2.28. The molecular formula is C19H14ClF2NO4S. The summed E-state index contributed by atoms with van der Waals surface area (Å²) in [6, 6.07) is 5.84. The molecule has 28 heavy (non-hydrogen) atoms. The summed E-state index contributed by atoms with van der Waals surface area (Å²) in [4.78, 5) is 25.9. The summed E-state index contributed by atoms with van der Waals surface area (Å²) in [5, 5.41) is 10.5. The maximum Gasteiger partial charge on any atom is 0.341 e. The molecule has 3 rings (SSSR count). The summed E-state index contributed by atoms with van der Waals surface area (Å²) < 4.78 is 32.5. The number of fused-ring (bicyclic) bond motifs is 1. The summed E-state index contributed by atoms with van der Waals surface area (Å²) in [6.45, 7) is 1.02. The predicted octanol–water partition coefficient (Wildman–Crippen LogP) is 4.88. The van der Waals surface area contributed by atoms with Gasteiger partial charge in [0.2, 0.25) is 5.91 Å². The molecule has 1 N–H and O–H groups in total.